The number of carbonyl (C=O) groups excluding carboxylic acids is 1. The van der Waals surface area contributed by atoms with Crippen LogP contribution in [0.2, 0.25) is 5.02 Å². The maximum absolute atomic E-state index is 12.9. The maximum Gasteiger partial charge on any atom is 0.328 e. The second kappa shape index (κ2) is 9.60. The van der Waals surface area contributed by atoms with Crippen LogP contribution in [0, 0.1) is 6.92 Å². The Morgan fingerprint density at radius 3 is 2.56 bits per heavy atom. The number of pyridine rings is 1. The number of halogens is 1. The molecule has 2 aromatic carbocycles. The second-order valence-electron chi connectivity index (χ2n) is 8.26. The largest absolute Gasteiger partial charge is 0.480 e. The average molecular weight is 502 g/mol. The third-order valence-corrected chi connectivity index (χ3v) is 7.90. The first-order chi connectivity index (χ1) is 16.1. The van der Waals surface area contributed by atoms with Gasteiger partial charge < -0.3 is 14.9 Å². The number of anilines is 1. The van der Waals surface area contributed by atoms with Gasteiger partial charge in [0.2, 0.25) is 5.91 Å². The lowest BCUT2D eigenvalue weighted by Crippen LogP contribution is -2.58. The molecule has 1 fully saturated rings. The van der Waals surface area contributed by atoms with Gasteiger partial charge in [-0.3, -0.25) is 9.78 Å². The van der Waals surface area contributed by atoms with Gasteiger partial charge in [0.25, 0.3) is 0 Å². The molecule has 0 bridgehead atoms. The van der Waals surface area contributed by atoms with Crippen molar-refractivity contribution in [3.63, 3.8) is 0 Å². The summed E-state index contributed by atoms with van der Waals surface area (Å²) in [7, 11) is -3.74. The van der Waals surface area contributed by atoms with E-state index in [0.717, 1.165) is 22.2 Å². The van der Waals surface area contributed by atoms with Crippen molar-refractivity contribution in [1.82, 2.24) is 9.88 Å². The molecule has 1 unspecified atom stereocenters. The van der Waals surface area contributed by atoms with Crippen molar-refractivity contribution in [2.45, 2.75) is 24.3 Å². The number of carbonyl (C=O) groups is 2. The number of fused-ring (bicyclic) bond motifs is 1. The van der Waals surface area contributed by atoms with E-state index in [-0.39, 0.29) is 24.4 Å². The number of nitrogens with zero attached hydrogens (tertiary/aromatic N) is 3. The fourth-order valence-electron chi connectivity index (χ4n) is 4.13. The highest BCUT2D eigenvalue weighted by Crippen LogP contribution is 2.24. The van der Waals surface area contributed by atoms with Crippen LogP contribution in [-0.4, -0.2) is 66.7 Å². The minimum absolute atomic E-state index is 0.114. The molecule has 4 rings (SSSR count). The lowest BCUT2D eigenvalue weighted by Gasteiger charge is -2.40. The molecule has 34 heavy (non-hydrogen) atoms. The standard InChI is InChI=1S/C24H24ClN3O5S/c1-16-12-20(6-8-26-16)27-9-10-28(22(15-27)24(30)31)23(29)7-11-34(32,33)21-5-3-17-13-19(25)4-2-18(17)14-21/h2-6,8,12-14,22H,7,9-11,15H2,1H3,(H,30,31). The molecule has 3 aromatic rings. The van der Waals surface area contributed by atoms with Crippen LogP contribution in [0.4, 0.5) is 5.69 Å². The first-order valence-electron chi connectivity index (χ1n) is 10.8. The van der Waals surface area contributed by atoms with Gasteiger partial charge in [0.05, 0.1) is 10.6 Å². The van der Waals surface area contributed by atoms with E-state index in [2.05, 4.69) is 4.98 Å². The van der Waals surface area contributed by atoms with Crippen LogP contribution in [0.15, 0.2) is 59.6 Å². The molecule has 1 atom stereocenters. The summed E-state index contributed by atoms with van der Waals surface area (Å²) in [6, 6.07) is 12.5. The van der Waals surface area contributed by atoms with Gasteiger partial charge in [-0.2, -0.15) is 0 Å². The Balaban J connectivity index is 1.45. The van der Waals surface area contributed by atoms with Gasteiger partial charge in [-0.05, 0) is 54.1 Å². The molecular formula is C24H24ClN3O5S. The van der Waals surface area contributed by atoms with Gasteiger partial charge >= 0.3 is 5.97 Å². The molecule has 0 radical (unpaired) electrons. The molecule has 1 saturated heterocycles. The normalized spacial score (nSPS) is 16.6. The van der Waals surface area contributed by atoms with Gasteiger partial charge in [0.1, 0.15) is 6.04 Å². The highest BCUT2D eigenvalue weighted by molar-refractivity contribution is 7.91. The van der Waals surface area contributed by atoms with E-state index in [1.807, 2.05) is 17.9 Å². The zero-order valence-corrected chi connectivity index (χ0v) is 20.1. The number of aliphatic carboxylic acids is 1. The number of carboxylic acids is 1. The molecule has 0 aliphatic carbocycles. The summed E-state index contributed by atoms with van der Waals surface area (Å²) < 4.78 is 25.8. The second-order valence-corrected chi connectivity index (χ2v) is 10.8. The quantitative estimate of drug-likeness (QED) is 0.552. The topological polar surface area (TPSA) is 108 Å². The molecule has 1 amide bonds. The third-order valence-electron chi connectivity index (χ3n) is 5.95. The predicted molar refractivity (Wildman–Crippen MR) is 130 cm³/mol. The van der Waals surface area contributed by atoms with E-state index in [1.165, 1.54) is 11.0 Å². The molecule has 8 nitrogen and oxygen atoms in total. The molecular weight excluding hydrogens is 478 g/mol. The average Bonchev–Trinajstić information content (AvgIpc) is 2.81. The Morgan fingerprint density at radius 2 is 1.82 bits per heavy atom. The zero-order valence-electron chi connectivity index (χ0n) is 18.5. The summed E-state index contributed by atoms with van der Waals surface area (Å²) in [6.45, 7) is 2.60. The number of aryl methyl sites for hydroxylation is 1. The number of hydrogen-bond donors (Lipinski definition) is 1. The number of piperazine rings is 1. The minimum Gasteiger partial charge on any atom is -0.480 e. The molecule has 0 saturated carbocycles. The molecule has 1 N–H and O–H groups in total. The Kier molecular flexibility index (Phi) is 6.77. The van der Waals surface area contributed by atoms with Crippen LogP contribution < -0.4 is 4.90 Å². The van der Waals surface area contributed by atoms with Crippen LogP contribution >= 0.6 is 11.6 Å². The number of carboxylic acid groups (broad SMARTS) is 1. The van der Waals surface area contributed by atoms with Crippen LogP contribution in [0.1, 0.15) is 12.1 Å². The van der Waals surface area contributed by atoms with E-state index in [9.17, 15) is 23.1 Å². The van der Waals surface area contributed by atoms with Gasteiger partial charge in [-0.1, -0.05) is 23.7 Å². The van der Waals surface area contributed by atoms with Crippen LogP contribution in [0.25, 0.3) is 10.8 Å². The smallest absolute Gasteiger partial charge is 0.328 e. The number of hydrogen-bond acceptors (Lipinski definition) is 6. The van der Waals surface area contributed by atoms with Crippen molar-refractivity contribution in [1.29, 1.82) is 0 Å². The Hall–Kier alpha value is -3.17. The van der Waals surface area contributed by atoms with Crippen molar-refractivity contribution in [3.05, 3.63) is 65.4 Å². The van der Waals surface area contributed by atoms with E-state index in [1.54, 1.807) is 42.6 Å². The maximum atomic E-state index is 12.9. The summed E-state index contributed by atoms with van der Waals surface area (Å²) in [5.74, 6) is -2.02. The third kappa shape index (κ3) is 5.15. The van der Waals surface area contributed by atoms with Crippen molar-refractivity contribution < 1.29 is 23.1 Å². The summed E-state index contributed by atoms with van der Waals surface area (Å²) in [6.07, 6.45) is 1.36. The number of aromatic nitrogens is 1. The van der Waals surface area contributed by atoms with Crippen LogP contribution in [0.3, 0.4) is 0 Å². The number of sulfone groups is 1. The number of rotatable bonds is 6. The van der Waals surface area contributed by atoms with E-state index >= 15 is 0 Å². The van der Waals surface area contributed by atoms with Gasteiger partial charge in [-0.25, -0.2) is 13.2 Å². The van der Waals surface area contributed by atoms with Crippen molar-refractivity contribution >= 4 is 49.8 Å². The molecule has 2 heterocycles. The van der Waals surface area contributed by atoms with E-state index < -0.39 is 33.5 Å². The van der Waals surface area contributed by atoms with Gasteiger partial charge in [0, 0.05) is 48.7 Å². The SMILES string of the molecule is Cc1cc(N2CCN(C(=O)CCS(=O)(=O)c3ccc4cc(Cl)ccc4c3)C(C(=O)O)C2)ccn1. The van der Waals surface area contributed by atoms with Crippen LogP contribution in [0.5, 0.6) is 0 Å². The predicted octanol–water partition coefficient (Wildman–Crippen LogP) is 3.16. The number of benzene rings is 2. The van der Waals surface area contributed by atoms with Crippen molar-refractivity contribution in [2.75, 3.05) is 30.3 Å². The first kappa shape index (κ1) is 24.0. The van der Waals surface area contributed by atoms with Crippen molar-refractivity contribution in [2.24, 2.45) is 0 Å². The lowest BCUT2D eigenvalue weighted by atomic mass is 10.1. The Morgan fingerprint density at radius 1 is 1.09 bits per heavy atom. The highest BCUT2D eigenvalue weighted by Gasteiger charge is 2.35. The molecule has 178 valence electrons. The molecule has 1 aliphatic heterocycles. The fourth-order valence-corrected chi connectivity index (χ4v) is 5.57. The van der Waals surface area contributed by atoms with E-state index in [0.29, 0.717) is 11.6 Å². The van der Waals surface area contributed by atoms with Crippen LogP contribution in [-0.2, 0) is 19.4 Å². The summed E-state index contributed by atoms with van der Waals surface area (Å²) in [5, 5.41) is 11.8. The summed E-state index contributed by atoms with van der Waals surface area (Å²) in [5.41, 5.74) is 1.65. The summed E-state index contributed by atoms with van der Waals surface area (Å²) >= 11 is 5.98. The first-order valence-corrected chi connectivity index (χ1v) is 12.8. The zero-order chi connectivity index (χ0) is 24.5. The minimum atomic E-state index is -3.74. The molecule has 0 spiro atoms. The summed E-state index contributed by atoms with van der Waals surface area (Å²) in [4.78, 5) is 32.3. The Labute approximate surface area is 202 Å². The highest BCUT2D eigenvalue weighted by atomic mass is 35.5. The van der Waals surface area contributed by atoms with Gasteiger partial charge in [-0.15, -0.1) is 0 Å². The molecule has 10 heteroatoms. The molecule has 1 aliphatic rings. The molecule has 1 aromatic heterocycles. The fraction of sp³-hybridized carbons (Fsp3) is 0.292. The lowest BCUT2D eigenvalue weighted by molar-refractivity contribution is -0.150. The number of amides is 1. The monoisotopic (exact) mass is 501 g/mol. The van der Waals surface area contributed by atoms with Crippen molar-refractivity contribution in [3.8, 4) is 0 Å². The van der Waals surface area contributed by atoms with Gasteiger partial charge in [0.15, 0.2) is 9.84 Å². The Bertz CT molecular complexity index is 1360. The van der Waals surface area contributed by atoms with E-state index in [4.69, 9.17) is 11.6 Å².